The third-order valence-electron chi connectivity index (χ3n) is 9.03. The Hall–Kier alpha value is -4.40. The lowest BCUT2D eigenvalue weighted by Gasteiger charge is -2.29. The predicted octanol–water partition coefficient (Wildman–Crippen LogP) is 5.45. The number of rotatable bonds is 26. The van der Waals surface area contributed by atoms with Gasteiger partial charge in [-0.2, -0.15) is 0 Å². The van der Waals surface area contributed by atoms with Crippen molar-refractivity contribution in [2.24, 2.45) is 5.92 Å². The van der Waals surface area contributed by atoms with Crippen LogP contribution in [-0.2, 0) is 40.4 Å². The molecule has 5 N–H and O–H groups in total. The molecule has 2 aromatic carbocycles. The van der Waals surface area contributed by atoms with Crippen LogP contribution in [0.2, 0.25) is 0 Å². The minimum Gasteiger partial charge on any atom is -0.481 e. The molecule has 0 heterocycles. The number of carbonyl (C=O) groups excluding carboxylic acids is 2. The van der Waals surface area contributed by atoms with Gasteiger partial charge in [-0.1, -0.05) is 94.0 Å². The molecule has 1 amide bonds. The summed E-state index contributed by atoms with van der Waals surface area (Å²) in [6.45, 7) is 2.14. The van der Waals surface area contributed by atoms with Crippen LogP contribution in [0.3, 0.4) is 0 Å². The van der Waals surface area contributed by atoms with Gasteiger partial charge in [0, 0.05) is 33.4 Å². The fourth-order valence-electron chi connectivity index (χ4n) is 5.79. The molecule has 2 aromatic rings. The Kier molecular flexibility index (Phi) is 18.5. The highest BCUT2D eigenvalue weighted by Gasteiger charge is 2.49. The maximum Gasteiger partial charge on any atom is 0.337 e. The summed E-state index contributed by atoms with van der Waals surface area (Å²) in [7, 11) is -0.743. The van der Waals surface area contributed by atoms with Gasteiger partial charge in [-0.25, -0.2) is 22.3 Å². The van der Waals surface area contributed by atoms with Gasteiger partial charge >= 0.3 is 17.9 Å². The summed E-state index contributed by atoms with van der Waals surface area (Å²) in [6, 6.07) is 11.3. The Morgan fingerprint density at radius 2 is 1.32 bits per heavy atom. The van der Waals surface area contributed by atoms with Crippen molar-refractivity contribution in [1.82, 2.24) is 9.62 Å². The fourth-order valence-corrected chi connectivity index (χ4v) is 6.70. The van der Waals surface area contributed by atoms with E-state index in [0.717, 1.165) is 55.3 Å². The van der Waals surface area contributed by atoms with Crippen LogP contribution < -0.4 is 5.32 Å². The van der Waals surface area contributed by atoms with Gasteiger partial charge in [0.2, 0.25) is 15.9 Å². The number of nitrogens with one attached hydrogen (secondary N) is 1. The zero-order valence-electron chi connectivity index (χ0n) is 30.8. The number of hydrogen-bond donors (Lipinski definition) is 5. The lowest BCUT2D eigenvalue weighted by atomic mass is 9.82. The summed E-state index contributed by atoms with van der Waals surface area (Å²) in [6.07, 6.45) is 10.9. The number of aliphatic carboxylic acids is 3. The van der Waals surface area contributed by atoms with Gasteiger partial charge in [-0.05, 0) is 54.5 Å². The average molecular weight is 759 g/mol. The van der Waals surface area contributed by atoms with E-state index >= 15 is 0 Å². The van der Waals surface area contributed by atoms with Gasteiger partial charge < -0.3 is 25.7 Å². The van der Waals surface area contributed by atoms with Crippen molar-refractivity contribution < 1.29 is 52.8 Å². The van der Waals surface area contributed by atoms with Crippen LogP contribution in [0.5, 0.6) is 0 Å². The normalized spacial score (nSPS) is 14.1. The molecule has 0 bridgehead atoms. The second-order valence-corrected chi connectivity index (χ2v) is 15.6. The van der Waals surface area contributed by atoms with Gasteiger partial charge in [-0.15, -0.1) is 0 Å². The van der Waals surface area contributed by atoms with Gasteiger partial charge in [0.1, 0.15) is 11.8 Å². The molecule has 2 rings (SSSR count). The summed E-state index contributed by atoms with van der Waals surface area (Å²) >= 11 is 0. The number of benzene rings is 2. The predicted molar refractivity (Wildman–Crippen MR) is 200 cm³/mol. The smallest absolute Gasteiger partial charge is 0.337 e. The third-order valence-corrected chi connectivity index (χ3v) is 10.9. The molecular weight excluding hydrogens is 704 g/mol. The van der Waals surface area contributed by atoms with Crippen LogP contribution in [0.25, 0.3) is 11.1 Å². The molecule has 14 heteroatoms. The van der Waals surface area contributed by atoms with E-state index in [1.165, 1.54) is 38.7 Å². The van der Waals surface area contributed by atoms with E-state index < -0.39 is 57.8 Å². The minimum absolute atomic E-state index is 0.122. The van der Waals surface area contributed by atoms with Crippen molar-refractivity contribution >= 4 is 39.6 Å². The van der Waals surface area contributed by atoms with E-state index in [1.807, 2.05) is 0 Å². The number of carboxylic acids is 3. The molecule has 53 heavy (non-hydrogen) atoms. The number of carbonyl (C=O) groups is 5. The first-order valence-electron chi connectivity index (χ1n) is 18.0. The third kappa shape index (κ3) is 14.5. The van der Waals surface area contributed by atoms with Crippen molar-refractivity contribution in [2.45, 2.75) is 113 Å². The molecule has 3 atom stereocenters. The van der Waals surface area contributed by atoms with E-state index in [1.54, 1.807) is 36.4 Å². The Balaban J connectivity index is 2.08. The number of unbranched alkanes of at least 4 members (excludes halogenated alkanes) is 8. The Bertz CT molecular complexity index is 1650. The molecule has 0 radical (unpaired) electrons. The topological polar surface area (TPSA) is 216 Å². The van der Waals surface area contributed by atoms with Gasteiger partial charge in [0.05, 0.1) is 17.2 Å². The summed E-state index contributed by atoms with van der Waals surface area (Å²) in [5.41, 5.74) is -1.15. The first kappa shape index (κ1) is 44.8. The molecule has 0 aliphatic rings. The van der Waals surface area contributed by atoms with Crippen molar-refractivity contribution in [2.75, 3.05) is 14.1 Å². The largest absolute Gasteiger partial charge is 0.481 e. The van der Waals surface area contributed by atoms with Crippen molar-refractivity contribution in [3.63, 3.8) is 0 Å². The van der Waals surface area contributed by atoms with E-state index in [4.69, 9.17) is 0 Å². The van der Waals surface area contributed by atoms with E-state index in [0.29, 0.717) is 42.4 Å². The average Bonchev–Trinajstić information content (AvgIpc) is 3.10. The number of hydrogen-bond acceptors (Lipinski definition) is 8. The fraction of sp³-hybridized carbons (Fsp3) is 0.513. The standard InChI is InChI=1S/C39H54N2O11S/c1-4-5-6-9-12-15-31(42)16-13-10-7-8-11-14-17-33(39(50,38(48)49)27-35(43)44)36(45)40-34(37(46)47)26-28-18-20-29(21-19-28)30-22-24-32(25-23-30)53(51,52)41(2)3/h14,17-25,33-34,50H,4-13,15-16,26-27H2,1-3H3,(H,40,45)(H,43,44)(H,46,47)(H,48,49)/t33-,34+,39+/m1/s1. The summed E-state index contributed by atoms with van der Waals surface area (Å²) in [4.78, 5) is 61.5. The SMILES string of the molecule is CCCCCCCC(=O)CCCCCCC=C[C@H](C(=O)N[C@@H](Cc1ccc(-c2ccc(S(=O)(=O)N(C)C)cc2)cc1)C(=O)O)[C@@](O)(CC(=O)O)C(=O)O. The van der Waals surface area contributed by atoms with E-state index in [-0.39, 0.29) is 17.1 Å². The summed E-state index contributed by atoms with van der Waals surface area (Å²) < 4.78 is 25.8. The maximum absolute atomic E-state index is 13.4. The van der Waals surface area contributed by atoms with Gasteiger partial charge in [0.15, 0.2) is 5.60 Å². The van der Waals surface area contributed by atoms with Gasteiger partial charge in [0.25, 0.3) is 0 Å². The van der Waals surface area contributed by atoms with Crippen LogP contribution in [-0.4, -0.2) is 88.5 Å². The lowest BCUT2D eigenvalue weighted by Crippen LogP contribution is -2.55. The highest BCUT2D eigenvalue weighted by atomic mass is 32.2. The molecule has 0 spiro atoms. The molecule has 0 saturated heterocycles. The number of nitrogens with zero attached hydrogens (tertiary/aromatic N) is 1. The van der Waals surface area contributed by atoms with Gasteiger partial charge in [-0.3, -0.25) is 14.4 Å². The Morgan fingerprint density at radius 3 is 1.81 bits per heavy atom. The monoisotopic (exact) mass is 758 g/mol. The van der Waals surface area contributed by atoms with Crippen LogP contribution in [0.1, 0.15) is 96.0 Å². The number of ketones is 1. The van der Waals surface area contributed by atoms with Crippen LogP contribution in [0.15, 0.2) is 65.6 Å². The first-order chi connectivity index (χ1) is 25.0. The Labute approximate surface area is 312 Å². The number of aliphatic hydroxyl groups is 1. The summed E-state index contributed by atoms with van der Waals surface area (Å²) in [5.74, 6) is -7.89. The van der Waals surface area contributed by atoms with E-state index in [2.05, 4.69) is 12.2 Å². The number of allylic oxidation sites excluding steroid dienone is 1. The molecule has 0 unspecified atom stereocenters. The molecule has 0 aliphatic carbocycles. The number of Topliss-reactive ketones (excluding diaryl/α,β-unsaturated/α-hetero) is 1. The second kappa shape index (κ2) is 22.0. The number of amides is 1. The highest BCUT2D eigenvalue weighted by molar-refractivity contribution is 7.89. The minimum atomic E-state index is -3.61. The van der Waals surface area contributed by atoms with Crippen LogP contribution in [0.4, 0.5) is 0 Å². The molecule has 0 saturated carbocycles. The Morgan fingerprint density at radius 1 is 0.792 bits per heavy atom. The molecule has 13 nitrogen and oxygen atoms in total. The molecule has 292 valence electrons. The maximum atomic E-state index is 13.4. The summed E-state index contributed by atoms with van der Waals surface area (Å²) in [5, 5.41) is 42.4. The van der Waals surface area contributed by atoms with Crippen molar-refractivity contribution in [3.05, 3.63) is 66.2 Å². The highest BCUT2D eigenvalue weighted by Crippen LogP contribution is 2.27. The molecule has 0 aliphatic heterocycles. The van der Waals surface area contributed by atoms with Crippen LogP contribution >= 0.6 is 0 Å². The molecule has 0 fully saturated rings. The zero-order chi connectivity index (χ0) is 39.6. The quantitative estimate of drug-likeness (QED) is 0.0601. The van der Waals surface area contributed by atoms with Crippen molar-refractivity contribution in [3.8, 4) is 11.1 Å². The first-order valence-corrected chi connectivity index (χ1v) is 19.5. The number of carboxylic acid groups (broad SMARTS) is 3. The second-order valence-electron chi connectivity index (χ2n) is 13.5. The zero-order valence-corrected chi connectivity index (χ0v) is 31.6. The van der Waals surface area contributed by atoms with Crippen LogP contribution in [0, 0.1) is 5.92 Å². The van der Waals surface area contributed by atoms with E-state index in [9.17, 15) is 52.8 Å². The van der Waals surface area contributed by atoms with Crippen molar-refractivity contribution in [1.29, 1.82) is 0 Å². The lowest BCUT2D eigenvalue weighted by molar-refractivity contribution is -0.172. The number of sulfonamides is 1. The molecule has 0 aromatic heterocycles. The molecular formula is C39H54N2O11S.